The van der Waals surface area contributed by atoms with Gasteiger partial charge in [-0.25, -0.2) is 0 Å². The van der Waals surface area contributed by atoms with Gasteiger partial charge in [-0.05, 0) is 11.6 Å². The summed E-state index contributed by atoms with van der Waals surface area (Å²) in [6, 6.07) is 3.11. The molecule has 5 nitrogen and oxygen atoms in total. The predicted octanol–water partition coefficient (Wildman–Crippen LogP) is 0.0603. The molecular formula is C8H11N3O2. The molecule has 13 heavy (non-hydrogen) atoms. The van der Waals surface area contributed by atoms with Crippen LogP contribution < -0.4 is 17.2 Å². The molecule has 0 radical (unpaired) electrons. The highest BCUT2D eigenvalue weighted by atomic mass is 16.4. The predicted molar refractivity (Wildman–Crippen MR) is 51.0 cm³/mol. The molecular weight excluding hydrogens is 170 g/mol. The lowest BCUT2D eigenvalue weighted by atomic mass is 10.1. The SMILES string of the molecule is Nc1ccc(CC(=O)O)c(N)c1N. The molecule has 0 unspecified atom stereocenters. The summed E-state index contributed by atoms with van der Waals surface area (Å²) in [5.74, 6) is -0.948. The number of carboxylic acids is 1. The fraction of sp³-hybridized carbons (Fsp3) is 0.125. The first-order valence-electron chi connectivity index (χ1n) is 3.66. The zero-order chi connectivity index (χ0) is 10.0. The van der Waals surface area contributed by atoms with Gasteiger partial charge < -0.3 is 22.3 Å². The fourth-order valence-corrected chi connectivity index (χ4v) is 1.02. The normalized spacial score (nSPS) is 9.85. The van der Waals surface area contributed by atoms with Gasteiger partial charge in [0.2, 0.25) is 0 Å². The molecule has 0 atom stereocenters. The molecule has 7 N–H and O–H groups in total. The van der Waals surface area contributed by atoms with E-state index < -0.39 is 5.97 Å². The van der Waals surface area contributed by atoms with Gasteiger partial charge in [0.05, 0.1) is 23.5 Å². The molecule has 1 aromatic carbocycles. The van der Waals surface area contributed by atoms with Crippen molar-refractivity contribution in [3.63, 3.8) is 0 Å². The van der Waals surface area contributed by atoms with E-state index >= 15 is 0 Å². The van der Waals surface area contributed by atoms with E-state index in [1.54, 1.807) is 12.1 Å². The van der Waals surface area contributed by atoms with Crippen LogP contribution in [0.4, 0.5) is 17.1 Å². The second kappa shape index (κ2) is 3.22. The molecule has 0 amide bonds. The minimum Gasteiger partial charge on any atom is -0.481 e. The zero-order valence-corrected chi connectivity index (χ0v) is 6.95. The Kier molecular flexibility index (Phi) is 2.27. The summed E-state index contributed by atoms with van der Waals surface area (Å²) in [7, 11) is 0. The minimum atomic E-state index is -0.948. The van der Waals surface area contributed by atoms with Crippen molar-refractivity contribution in [3.8, 4) is 0 Å². The van der Waals surface area contributed by atoms with Crippen molar-refractivity contribution in [1.29, 1.82) is 0 Å². The molecule has 0 bridgehead atoms. The standard InChI is InChI=1S/C8H11N3O2/c9-5-2-1-4(3-6(12)13)7(10)8(5)11/h1-2H,3,9-11H2,(H,12,13). The van der Waals surface area contributed by atoms with E-state index in [1.807, 2.05) is 0 Å². The maximum Gasteiger partial charge on any atom is 0.307 e. The number of carboxylic acid groups (broad SMARTS) is 1. The summed E-state index contributed by atoms with van der Waals surface area (Å²) < 4.78 is 0. The average Bonchev–Trinajstić information content (AvgIpc) is 2.06. The monoisotopic (exact) mass is 181 g/mol. The molecule has 0 aromatic heterocycles. The first kappa shape index (κ1) is 9.18. The third-order valence-corrected chi connectivity index (χ3v) is 1.75. The quantitative estimate of drug-likeness (QED) is 0.481. The van der Waals surface area contributed by atoms with E-state index in [0.717, 1.165) is 0 Å². The topological polar surface area (TPSA) is 115 Å². The molecule has 0 aliphatic rings. The Morgan fingerprint density at radius 3 is 2.38 bits per heavy atom. The summed E-state index contributed by atoms with van der Waals surface area (Å²) in [5.41, 5.74) is 17.9. The number of hydrogen-bond donors (Lipinski definition) is 4. The van der Waals surface area contributed by atoms with Crippen molar-refractivity contribution in [2.45, 2.75) is 6.42 Å². The Bertz CT molecular complexity index is 349. The Labute approximate surface area is 75.1 Å². The van der Waals surface area contributed by atoms with Gasteiger partial charge >= 0.3 is 5.97 Å². The summed E-state index contributed by atoms with van der Waals surface area (Å²) in [6.07, 6.45) is -0.143. The molecule has 0 fully saturated rings. The molecule has 0 saturated heterocycles. The van der Waals surface area contributed by atoms with E-state index in [1.165, 1.54) is 0 Å². The zero-order valence-electron chi connectivity index (χ0n) is 6.95. The number of nitrogen functional groups attached to an aromatic ring is 3. The van der Waals surface area contributed by atoms with Gasteiger partial charge in [-0.2, -0.15) is 0 Å². The summed E-state index contributed by atoms with van der Waals surface area (Å²) in [6.45, 7) is 0. The number of nitrogens with two attached hydrogens (primary N) is 3. The summed E-state index contributed by atoms with van der Waals surface area (Å²) >= 11 is 0. The van der Waals surface area contributed by atoms with Crippen LogP contribution in [0.5, 0.6) is 0 Å². The van der Waals surface area contributed by atoms with Crippen LogP contribution in [0.2, 0.25) is 0 Å². The van der Waals surface area contributed by atoms with E-state index in [-0.39, 0.29) is 17.8 Å². The summed E-state index contributed by atoms with van der Waals surface area (Å²) in [4.78, 5) is 10.4. The molecule has 0 spiro atoms. The second-order valence-electron chi connectivity index (χ2n) is 2.71. The maximum atomic E-state index is 10.4. The number of anilines is 3. The van der Waals surface area contributed by atoms with Gasteiger partial charge in [0, 0.05) is 0 Å². The lowest BCUT2D eigenvalue weighted by molar-refractivity contribution is -0.136. The minimum absolute atomic E-state index is 0.143. The fourth-order valence-electron chi connectivity index (χ4n) is 1.02. The smallest absolute Gasteiger partial charge is 0.307 e. The van der Waals surface area contributed by atoms with Crippen LogP contribution in [0.3, 0.4) is 0 Å². The highest BCUT2D eigenvalue weighted by Crippen LogP contribution is 2.26. The van der Waals surface area contributed by atoms with Crippen molar-refractivity contribution in [2.75, 3.05) is 17.2 Å². The molecule has 0 saturated carbocycles. The van der Waals surface area contributed by atoms with Crippen LogP contribution in [0, 0.1) is 0 Å². The number of benzene rings is 1. The van der Waals surface area contributed by atoms with Gasteiger partial charge in [-0.3, -0.25) is 4.79 Å². The first-order chi connectivity index (χ1) is 6.02. The number of aliphatic carboxylic acids is 1. The average molecular weight is 181 g/mol. The lowest BCUT2D eigenvalue weighted by Crippen LogP contribution is -2.07. The number of rotatable bonds is 2. The van der Waals surface area contributed by atoms with E-state index in [0.29, 0.717) is 11.3 Å². The van der Waals surface area contributed by atoms with Gasteiger partial charge in [-0.15, -0.1) is 0 Å². The molecule has 1 aromatic rings. The van der Waals surface area contributed by atoms with Gasteiger partial charge in [0.15, 0.2) is 0 Å². The third kappa shape index (κ3) is 1.81. The molecule has 5 heteroatoms. The highest BCUT2D eigenvalue weighted by molar-refractivity contribution is 5.83. The molecule has 1 rings (SSSR count). The van der Waals surface area contributed by atoms with Gasteiger partial charge in [0.25, 0.3) is 0 Å². The van der Waals surface area contributed by atoms with Crippen molar-refractivity contribution >= 4 is 23.0 Å². The number of carbonyl (C=O) groups is 1. The molecule has 0 heterocycles. The maximum absolute atomic E-state index is 10.4. The van der Waals surface area contributed by atoms with Crippen LogP contribution in [-0.4, -0.2) is 11.1 Å². The largest absolute Gasteiger partial charge is 0.481 e. The van der Waals surface area contributed by atoms with Crippen LogP contribution in [0.1, 0.15) is 5.56 Å². The first-order valence-corrected chi connectivity index (χ1v) is 3.66. The van der Waals surface area contributed by atoms with Crippen molar-refractivity contribution < 1.29 is 9.90 Å². The van der Waals surface area contributed by atoms with E-state index in [9.17, 15) is 4.79 Å². The van der Waals surface area contributed by atoms with Crippen LogP contribution in [-0.2, 0) is 11.2 Å². The Morgan fingerprint density at radius 1 is 1.23 bits per heavy atom. The Hall–Kier alpha value is -1.91. The van der Waals surface area contributed by atoms with Crippen molar-refractivity contribution in [3.05, 3.63) is 17.7 Å². The van der Waals surface area contributed by atoms with Crippen LogP contribution in [0.15, 0.2) is 12.1 Å². The third-order valence-electron chi connectivity index (χ3n) is 1.75. The van der Waals surface area contributed by atoms with E-state index in [4.69, 9.17) is 22.3 Å². The van der Waals surface area contributed by atoms with Crippen LogP contribution in [0.25, 0.3) is 0 Å². The van der Waals surface area contributed by atoms with Gasteiger partial charge in [-0.1, -0.05) is 6.07 Å². The van der Waals surface area contributed by atoms with Crippen molar-refractivity contribution in [1.82, 2.24) is 0 Å². The van der Waals surface area contributed by atoms with E-state index in [2.05, 4.69) is 0 Å². The van der Waals surface area contributed by atoms with Crippen LogP contribution >= 0.6 is 0 Å². The second-order valence-corrected chi connectivity index (χ2v) is 2.71. The highest BCUT2D eigenvalue weighted by Gasteiger charge is 2.08. The Morgan fingerprint density at radius 2 is 1.85 bits per heavy atom. The van der Waals surface area contributed by atoms with Crippen molar-refractivity contribution in [2.24, 2.45) is 0 Å². The van der Waals surface area contributed by atoms with Gasteiger partial charge in [0.1, 0.15) is 0 Å². The summed E-state index contributed by atoms with van der Waals surface area (Å²) in [5, 5.41) is 8.52. The molecule has 0 aliphatic carbocycles. The molecule has 0 aliphatic heterocycles. The molecule has 70 valence electrons. The Balaban J connectivity index is 3.10. The number of hydrogen-bond acceptors (Lipinski definition) is 4. The lowest BCUT2D eigenvalue weighted by Gasteiger charge is -2.08.